The fourth-order valence-electron chi connectivity index (χ4n) is 4.85. The van der Waals surface area contributed by atoms with Gasteiger partial charge in [-0.2, -0.15) is 5.26 Å². The summed E-state index contributed by atoms with van der Waals surface area (Å²) in [5.74, 6) is -0.0265. The molecule has 1 aliphatic carbocycles. The van der Waals surface area contributed by atoms with Crippen LogP contribution in [-0.4, -0.2) is 27.6 Å². The lowest BCUT2D eigenvalue weighted by atomic mass is 9.69. The number of ketones is 1. The number of carbonyl (C=O) groups excluding carboxylic acids is 2. The standard InChI is InChI=1S/C27H26N6O3S2/c1-15-7-4-5-8-17(15)30-21(35)14-37-26-32-31-25(38-26)33-18-11-27(2,3)12-19(34)23(18)22(16(13-28)24(33)29)20-9-6-10-36-20/h4-10,22H,11-12,14,29H2,1-3H3,(H,30,35). The second-order valence-electron chi connectivity index (χ2n) is 10.00. The Morgan fingerprint density at radius 1 is 1.29 bits per heavy atom. The van der Waals surface area contributed by atoms with Gasteiger partial charge in [0.2, 0.25) is 11.0 Å². The van der Waals surface area contributed by atoms with Gasteiger partial charge in [0.25, 0.3) is 0 Å². The molecule has 2 aromatic heterocycles. The number of carbonyl (C=O) groups is 2. The molecule has 1 aromatic carbocycles. The number of anilines is 2. The average molecular weight is 547 g/mol. The van der Waals surface area contributed by atoms with E-state index in [0.29, 0.717) is 39.3 Å². The summed E-state index contributed by atoms with van der Waals surface area (Å²) in [6, 6.07) is 13.3. The molecule has 3 N–H and O–H groups in total. The van der Waals surface area contributed by atoms with Gasteiger partial charge in [-0.1, -0.05) is 55.1 Å². The molecule has 1 amide bonds. The number of Topliss-reactive ketones (excluding diaryl/α,β-unsaturated/α-hetero) is 1. The van der Waals surface area contributed by atoms with Crippen molar-refractivity contribution in [1.82, 2.24) is 10.2 Å². The summed E-state index contributed by atoms with van der Waals surface area (Å²) in [4.78, 5) is 27.7. The molecule has 1 unspecified atom stereocenters. The zero-order valence-electron chi connectivity index (χ0n) is 21.1. The molecule has 3 aromatic rings. The zero-order valence-corrected chi connectivity index (χ0v) is 22.8. The second kappa shape index (κ2) is 10.1. The molecular weight excluding hydrogens is 520 g/mol. The number of furan rings is 1. The lowest BCUT2D eigenvalue weighted by Gasteiger charge is -2.42. The van der Waals surface area contributed by atoms with Gasteiger partial charge in [-0.15, -0.1) is 10.2 Å². The number of nitriles is 1. The lowest BCUT2D eigenvalue weighted by molar-refractivity contribution is -0.118. The van der Waals surface area contributed by atoms with Crippen LogP contribution in [0, 0.1) is 23.7 Å². The number of hydrogen-bond acceptors (Lipinski definition) is 10. The van der Waals surface area contributed by atoms with Crippen molar-refractivity contribution < 1.29 is 14.0 Å². The van der Waals surface area contributed by atoms with Crippen LogP contribution < -0.4 is 16.0 Å². The van der Waals surface area contributed by atoms with Crippen molar-refractivity contribution in [3.05, 3.63) is 76.6 Å². The zero-order chi connectivity index (χ0) is 27.0. The largest absolute Gasteiger partial charge is 0.468 e. The summed E-state index contributed by atoms with van der Waals surface area (Å²) < 4.78 is 6.21. The van der Waals surface area contributed by atoms with Crippen LogP contribution in [0.1, 0.15) is 43.9 Å². The molecule has 0 bridgehead atoms. The van der Waals surface area contributed by atoms with Crippen LogP contribution in [0.15, 0.2) is 74.1 Å². The molecule has 0 radical (unpaired) electrons. The van der Waals surface area contributed by atoms with Gasteiger partial charge in [-0.05, 0) is 42.5 Å². The van der Waals surface area contributed by atoms with E-state index < -0.39 is 5.92 Å². The molecule has 9 nitrogen and oxygen atoms in total. The number of nitrogens with one attached hydrogen (secondary N) is 1. The molecular formula is C27H26N6O3S2. The fraction of sp³-hybridized carbons (Fsp3) is 0.296. The van der Waals surface area contributed by atoms with Gasteiger partial charge in [0, 0.05) is 23.4 Å². The van der Waals surface area contributed by atoms with E-state index in [4.69, 9.17) is 10.2 Å². The number of allylic oxidation sites excluding steroid dienone is 3. The Kier molecular flexibility index (Phi) is 6.86. The molecule has 0 fully saturated rings. The molecule has 3 heterocycles. The van der Waals surface area contributed by atoms with Crippen LogP contribution in [0.2, 0.25) is 0 Å². The van der Waals surface area contributed by atoms with Crippen molar-refractivity contribution in [3.8, 4) is 6.07 Å². The Morgan fingerprint density at radius 3 is 2.79 bits per heavy atom. The van der Waals surface area contributed by atoms with Crippen LogP contribution in [0.25, 0.3) is 0 Å². The third-order valence-corrected chi connectivity index (χ3v) is 8.58. The first-order valence-electron chi connectivity index (χ1n) is 12.0. The number of amides is 1. The van der Waals surface area contributed by atoms with Crippen LogP contribution in [-0.2, 0) is 9.59 Å². The maximum absolute atomic E-state index is 13.5. The van der Waals surface area contributed by atoms with E-state index in [-0.39, 0.29) is 34.3 Å². The first kappa shape index (κ1) is 25.8. The van der Waals surface area contributed by atoms with Gasteiger partial charge >= 0.3 is 0 Å². The maximum Gasteiger partial charge on any atom is 0.234 e. The minimum absolute atomic E-state index is 0.0464. The molecule has 11 heteroatoms. The molecule has 1 atom stereocenters. The minimum atomic E-state index is -0.670. The summed E-state index contributed by atoms with van der Waals surface area (Å²) in [6.07, 6.45) is 2.43. The fourth-order valence-corrected chi connectivity index (χ4v) is 6.53. The van der Waals surface area contributed by atoms with Gasteiger partial charge in [0.05, 0.1) is 29.6 Å². The Bertz CT molecular complexity index is 1510. The predicted octanol–water partition coefficient (Wildman–Crippen LogP) is 5.11. The van der Waals surface area contributed by atoms with E-state index >= 15 is 0 Å². The monoisotopic (exact) mass is 546 g/mol. The third kappa shape index (κ3) is 4.85. The Morgan fingerprint density at radius 2 is 2.08 bits per heavy atom. The van der Waals surface area contributed by atoms with Crippen molar-refractivity contribution in [3.63, 3.8) is 0 Å². The minimum Gasteiger partial charge on any atom is -0.468 e. The topological polar surface area (TPSA) is 138 Å². The number of nitrogens with zero attached hydrogens (tertiary/aromatic N) is 4. The van der Waals surface area contributed by atoms with Crippen molar-refractivity contribution >= 4 is 45.6 Å². The van der Waals surface area contributed by atoms with Crippen LogP contribution in [0.5, 0.6) is 0 Å². The van der Waals surface area contributed by atoms with E-state index in [0.717, 1.165) is 11.3 Å². The molecule has 194 valence electrons. The summed E-state index contributed by atoms with van der Waals surface area (Å²) >= 11 is 2.52. The number of hydrogen-bond donors (Lipinski definition) is 2. The van der Waals surface area contributed by atoms with Gasteiger partial charge in [-0.3, -0.25) is 14.5 Å². The lowest BCUT2D eigenvalue weighted by Crippen LogP contribution is -2.42. The Hall–Kier alpha value is -3.88. The molecule has 0 spiro atoms. The number of aryl methyl sites for hydroxylation is 1. The molecule has 1 aliphatic heterocycles. The van der Waals surface area contributed by atoms with Gasteiger partial charge in [-0.25, -0.2) is 0 Å². The van der Waals surface area contributed by atoms with Crippen LogP contribution in [0.3, 0.4) is 0 Å². The molecule has 0 saturated carbocycles. The number of nitrogens with two attached hydrogens (primary N) is 1. The maximum atomic E-state index is 13.5. The van der Waals surface area contributed by atoms with Gasteiger partial charge in [0.1, 0.15) is 11.6 Å². The van der Waals surface area contributed by atoms with E-state index in [1.807, 2.05) is 45.0 Å². The van der Waals surface area contributed by atoms with E-state index in [9.17, 15) is 14.9 Å². The molecule has 0 saturated heterocycles. The second-order valence-corrected chi connectivity index (χ2v) is 12.2. The van der Waals surface area contributed by atoms with Crippen molar-refractivity contribution in [2.45, 2.75) is 43.9 Å². The summed E-state index contributed by atoms with van der Waals surface area (Å²) in [5, 5.41) is 22.0. The van der Waals surface area contributed by atoms with Gasteiger partial charge in [0.15, 0.2) is 10.1 Å². The third-order valence-electron chi connectivity index (χ3n) is 6.54. The summed E-state index contributed by atoms with van der Waals surface area (Å²) in [5.41, 5.74) is 9.48. The number of aromatic nitrogens is 2. The quantitative estimate of drug-likeness (QED) is 0.404. The molecule has 38 heavy (non-hydrogen) atoms. The number of para-hydroxylation sites is 1. The molecule has 5 rings (SSSR count). The Balaban J connectivity index is 1.45. The van der Waals surface area contributed by atoms with Crippen LogP contribution >= 0.6 is 23.1 Å². The van der Waals surface area contributed by atoms with Crippen LogP contribution in [0.4, 0.5) is 10.8 Å². The number of rotatable bonds is 6. The van der Waals surface area contributed by atoms with Gasteiger partial charge < -0.3 is 15.5 Å². The highest BCUT2D eigenvalue weighted by Gasteiger charge is 2.46. The SMILES string of the molecule is Cc1ccccc1NC(=O)CSc1nnc(N2C(N)=C(C#N)C(c3ccco3)C3=C2CC(C)(C)CC3=O)s1. The first-order valence-corrected chi connectivity index (χ1v) is 13.8. The highest BCUT2D eigenvalue weighted by molar-refractivity contribution is 8.01. The summed E-state index contributed by atoms with van der Waals surface area (Å²) in [6.45, 7) is 5.99. The summed E-state index contributed by atoms with van der Waals surface area (Å²) in [7, 11) is 0. The average Bonchev–Trinajstić information content (AvgIpc) is 3.55. The van der Waals surface area contributed by atoms with Crippen molar-refractivity contribution in [2.75, 3.05) is 16.0 Å². The highest BCUT2D eigenvalue weighted by atomic mass is 32.2. The van der Waals surface area contributed by atoms with E-state index in [2.05, 4.69) is 21.6 Å². The smallest absolute Gasteiger partial charge is 0.234 e. The predicted molar refractivity (Wildman–Crippen MR) is 146 cm³/mol. The van der Waals surface area contributed by atoms with Crippen molar-refractivity contribution in [1.29, 1.82) is 5.26 Å². The van der Waals surface area contributed by atoms with Crippen molar-refractivity contribution in [2.24, 2.45) is 11.1 Å². The number of benzene rings is 1. The first-order chi connectivity index (χ1) is 18.2. The molecule has 2 aliphatic rings. The Labute approximate surface area is 228 Å². The number of thioether (sulfide) groups is 1. The van der Waals surface area contributed by atoms with E-state index in [1.54, 1.807) is 17.0 Å². The normalized spacial score (nSPS) is 18.8. The highest BCUT2D eigenvalue weighted by Crippen LogP contribution is 2.50. The van der Waals surface area contributed by atoms with E-state index in [1.165, 1.54) is 29.4 Å².